The smallest absolute Gasteiger partial charge is 0.247 e. The molecule has 0 bridgehead atoms. The summed E-state index contributed by atoms with van der Waals surface area (Å²) in [6.07, 6.45) is 1.17. The van der Waals surface area contributed by atoms with Crippen molar-refractivity contribution >= 4 is 56.8 Å². The number of para-hydroxylation sites is 1. The van der Waals surface area contributed by atoms with Crippen molar-refractivity contribution < 1.29 is 14.4 Å². The Hall–Kier alpha value is -2.32. The zero-order valence-electron chi connectivity index (χ0n) is 15.6. The lowest BCUT2D eigenvalue weighted by Crippen LogP contribution is -2.48. The van der Waals surface area contributed by atoms with E-state index < -0.39 is 5.25 Å². The van der Waals surface area contributed by atoms with Gasteiger partial charge in [-0.3, -0.25) is 14.4 Å². The number of fused-ring (bicyclic) bond motifs is 1. The Kier molecular flexibility index (Phi) is 5.91. The molecule has 2 heterocycles. The van der Waals surface area contributed by atoms with E-state index >= 15 is 0 Å². The summed E-state index contributed by atoms with van der Waals surface area (Å²) in [6.45, 7) is 0.947. The highest BCUT2D eigenvalue weighted by Crippen LogP contribution is 2.36. The first-order chi connectivity index (χ1) is 14.0. The molecule has 0 spiro atoms. The first-order valence-electron chi connectivity index (χ1n) is 9.43. The molecule has 0 aliphatic carbocycles. The average molecular weight is 474 g/mol. The second-order valence-corrected chi connectivity index (χ2v) is 9.15. The van der Waals surface area contributed by atoms with Crippen molar-refractivity contribution in [2.75, 3.05) is 23.7 Å². The molecular weight excluding hydrogens is 454 g/mol. The number of anilines is 2. The molecule has 150 valence electrons. The molecule has 0 radical (unpaired) electrons. The first-order valence-corrected chi connectivity index (χ1v) is 11.1. The van der Waals surface area contributed by atoms with Gasteiger partial charge in [0.2, 0.25) is 17.7 Å². The topological polar surface area (TPSA) is 78.5 Å². The maximum absolute atomic E-state index is 12.9. The molecule has 0 saturated carbocycles. The number of likely N-dealkylation sites (tertiary alicyclic amines) is 1. The number of rotatable bonds is 3. The van der Waals surface area contributed by atoms with Gasteiger partial charge in [-0.05, 0) is 43.2 Å². The van der Waals surface area contributed by atoms with E-state index in [1.54, 1.807) is 4.90 Å². The largest absolute Gasteiger partial charge is 0.341 e. The fourth-order valence-corrected chi connectivity index (χ4v) is 5.02. The normalized spacial score (nSPS) is 19.3. The van der Waals surface area contributed by atoms with Crippen LogP contribution in [0.25, 0.3) is 0 Å². The van der Waals surface area contributed by atoms with Crippen molar-refractivity contribution in [3.8, 4) is 0 Å². The lowest BCUT2D eigenvalue weighted by atomic mass is 9.95. The van der Waals surface area contributed by atoms with E-state index in [-0.39, 0.29) is 23.6 Å². The summed E-state index contributed by atoms with van der Waals surface area (Å²) in [5.41, 5.74) is 1.49. The molecule has 6 nitrogen and oxygen atoms in total. The van der Waals surface area contributed by atoms with Crippen LogP contribution in [0.2, 0.25) is 0 Å². The predicted octanol–water partition coefficient (Wildman–Crippen LogP) is 3.74. The van der Waals surface area contributed by atoms with Crippen molar-refractivity contribution in [2.45, 2.75) is 23.0 Å². The highest BCUT2D eigenvalue weighted by atomic mass is 79.9. The number of amides is 3. The number of thioether (sulfide) groups is 1. The third-order valence-electron chi connectivity index (χ3n) is 5.12. The summed E-state index contributed by atoms with van der Waals surface area (Å²) >= 11 is 4.68. The molecule has 29 heavy (non-hydrogen) atoms. The Labute approximate surface area is 181 Å². The van der Waals surface area contributed by atoms with Crippen molar-refractivity contribution in [2.24, 2.45) is 5.92 Å². The summed E-state index contributed by atoms with van der Waals surface area (Å²) in [5, 5.41) is 4.97. The second-order valence-electron chi connectivity index (χ2n) is 7.08. The number of piperidine rings is 1. The molecule has 4 rings (SSSR count). The number of carbonyl (C=O) groups is 3. The number of nitrogens with zero attached hydrogens (tertiary/aromatic N) is 1. The Morgan fingerprint density at radius 1 is 1.10 bits per heavy atom. The van der Waals surface area contributed by atoms with E-state index in [4.69, 9.17) is 0 Å². The fourth-order valence-electron chi connectivity index (χ4n) is 3.55. The number of hydrogen-bond donors (Lipinski definition) is 2. The average Bonchev–Trinajstić information content (AvgIpc) is 2.73. The Balaban J connectivity index is 1.34. The summed E-state index contributed by atoms with van der Waals surface area (Å²) in [6, 6.07) is 14.9. The highest BCUT2D eigenvalue weighted by Gasteiger charge is 2.37. The molecular formula is C21H20BrN3O3S. The first kappa shape index (κ1) is 20.0. The summed E-state index contributed by atoms with van der Waals surface area (Å²) in [4.78, 5) is 40.5. The third kappa shape index (κ3) is 4.48. The SMILES string of the molecule is O=C(Nc1cccc(Br)c1)C1CCN(C(=O)C2Sc3ccccc3NC2=O)CC1. The van der Waals surface area contributed by atoms with Gasteiger partial charge in [-0.25, -0.2) is 0 Å². The van der Waals surface area contributed by atoms with E-state index in [1.165, 1.54) is 11.8 Å². The van der Waals surface area contributed by atoms with Crippen LogP contribution in [-0.4, -0.2) is 41.0 Å². The zero-order chi connectivity index (χ0) is 20.4. The number of halogens is 1. The van der Waals surface area contributed by atoms with E-state index in [2.05, 4.69) is 26.6 Å². The Morgan fingerprint density at radius 3 is 2.62 bits per heavy atom. The van der Waals surface area contributed by atoms with Gasteiger partial charge in [-0.15, -0.1) is 11.8 Å². The zero-order valence-corrected chi connectivity index (χ0v) is 18.0. The second kappa shape index (κ2) is 8.59. The third-order valence-corrected chi connectivity index (χ3v) is 6.88. The molecule has 1 atom stereocenters. The van der Waals surface area contributed by atoms with Crippen LogP contribution in [0.5, 0.6) is 0 Å². The van der Waals surface area contributed by atoms with E-state index in [0.29, 0.717) is 25.9 Å². The number of benzene rings is 2. The van der Waals surface area contributed by atoms with Crippen LogP contribution in [0.3, 0.4) is 0 Å². The predicted molar refractivity (Wildman–Crippen MR) is 117 cm³/mol. The molecule has 2 N–H and O–H groups in total. The molecule has 2 aliphatic rings. The number of carbonyl (C=O) groups excluding carboxylic acids is 3. The number of hydrogen-bond acceptors (Lipinski definition) is 4. The van der Waals surface area contributed by atoms with Gasteiger partial charge in [0, 0.05) is 34.1 Å². The Morgan fingerprint density at radius 2 is 1.86 bits per heavy atom. The van der Waals surface area contributed by atoms with Crippen LogP contribution in [0, 0.1) is 5.92 Å². The van der Waals surface area contributed by atoms with Crippen molar-refractivity contribution in [1.82, 2.24) is 4.90 Å². The van der Waals surface area contributed by atoms with Gasteiger partial charge in [0.15, 0.2) is 5.25 Å². The standard InChI is InChI=1S/C21H20BrN3O3S/c22-14-4-3-5-15(12-14)23-19(26)13-8-10-25(11-9-13)21(28)18-20(27)24-16-6-1-2-7-17(16)29-18/h1-7,12-13,18H,8-11H2,(H,23,26)(H,24,27). The monoisotopic (exact) mass is 473 g/mol. The highest BCUT2D eigenvalue weighted by molar-refractivity contribution is 9.10. The molecule has 2 aromatic rings. The lowest BCUT2D eigenvalue weighted by Gasteiger charge is -2.34. The fraction of sp³-hybridized carbons (Fsp3) is 0.286. The number of nitrogens with one attached hydrogen (secondary N) is 2. The van der Waals surface area contributed by atoms with Gasteiger partial charge in [-0.1, -0.05) is 34.1 Å². The van der Waals surface area contributed by atoms with Gasteiger partial charge in [0.1, 0.15) is 0 Å². The maximum Gasteiger partial charge on any atom is 0.247 e. The summed E-state index contributed by atoms with van der Waals surface area (Å²) in [7, 11) is 0. The van der Waals surface area contributed by atoms with Crippen LogP contribution in [0.15, 0.2) is 57.9 Å². The maximum atomic E-state index is 12.9. The molecule has 8 heteroatoms. The summed E-state index contributed by atoms with van der Waals surface area (Å²) < 4.78 is 0.903. The molecule has 1 unspecified atom stereocenters. The molecule has 2 aliphatic heterocycles. The van der Waals surface area contributed by atoms with Crippen molar-refractivity contribution in [3.05, 3.63) is 53.0 Å². The molecule has 0 aromatic heterocycles. The quantitative estimate of drug-likeness (QED) is 0.665. The minimum absolute atomic E-state index is 0.0334. The van der Waals surface area contributed by atoms with Gasteiger partial charge in [-0.2, -0.15) is 0 Å². The minimum atomic E-state index is -0.781. The van der Waals surface area contributed by atoms with E-state index in [0.717, 1.165) is 20.7 Å². The van der Waals surface area contributed by atoms with E-state index in [9.17, 15) is 14.4 Å². The van der Waals surface area contributed by atoms with Gasteiger partial charge in [0.05, 0.1) is 5.69 Å². The van der Waals surface area contributed by atoms with Crippen molar-refractivity contribution in [3.63, 3.8) is 0 Å². The van der Waals surface area contributed by atoms with Crippen LogP contribution in [0.1, 0.15) is 12.8 Å². The van der Waals surface area contributed by atoms with Crippen LogP contribution < -0.4 is 10.6 Å². The van der Waals surface area contributed by atoms with Crippen LogP contribution in [0.4, 0.5) is 11.4 Å². The van der Waals surface area contributed by atoms with Gasteiger partial charge >= 0.3 is 0 Å². The molecule has 1 fully saturated rings. The molecule has 1 saturated heterocycles. The molecule has 2 aromatic carbocycles. The van der Waals surface area contributed by atoms with Gasteiger partial charge in [0.25, 0.3) is 0 Å². The van der Waals surface area contributed by atoms with Crippen molar-refractivity contribution in [1.29, 1.82) is 0 Å². The Bertz CT molecular complexity index is 960. The van der Waals surface area contributed by atoms with Crippen LogP contribution >= 0.6 is 27.7 Å². The van der Waals surface area contributed by atoms with Gasteiger partial charge < -0.3 is 15.5 Å². The molecule has 3 amide bonds. The van der Waals surface area contributed by atoms with E-state index in [1.807, 2.05) is 48.5 Å². The summed E-state index contributed by atoms with van der Waals surface area (Å²) in [5.74, 6) is -0.651. The minimum Gasteiger partial charge on any atom is -0.341 e. The lowest BCUT2D eigenvalue weighted by molar-refractivity contribution is -0.136. The van der Waals surface area contributed by atoms with Crippen LogP contribution in [-0.2, 0) is 14.4 Å².